The first kappa shape index (κ1) is 23.3. The molecule has 1 aliphatic rings. The summed E-state index contributed by atoms with van der Waals surface area (Å²) < 4.78 is 16.9. The van der Waals surface area contributed by atoms with Crippen molar-refractivity contribution in [1.82, 2.24) is 0 Å². The normalized spacial score (nSPS) is 14.1. The van der Waals surface area contributed by atoms with Gasteiger partial charge in [-0.1, -0.05) is 35.3 Å². The van der Waals surface area contributed by atoms with Gasteiger partial charge in [0.05, 0.1) is 26.8 Å². The van der Waals surface area contributed by atoms with Gasteiger partial charge in [-0.25, -0.2) is 14.6 Å². The summed E-state index contributed by atoms with van der Waals surface area (Å²) in [5, 5.41) is 0.940. The molecule has 0 N–H and O–H groups in total. The van der Waals surface area contributed by atoms with E-state index in [-0.39, 0.29) is 17.3 Å². The van der Waals surface area contributed by atoms with Crippen LogP contribution in [0.2, 0.25) is 10.0 Å². The van der Waals surface area contributed by atoms with Crippen LogP contribution in [0, 0.1) is 3.57 Å². The Morgan fingerprint density at radius 2 is 1.82 bits per heavy atom. The van der Waals surface area contributed by atoms with E-state index in [9.17, 15) is 9.59 Å². The number of aliphatic imine (C=N–C) groups is 1. The van der Waals surface area contributed by atoms with Gasteiger partial charge in [0.2, 0.25) is 5.90 Å². The zero-order valence-electron chi connectivity index (χ0n) is 17.0. The van der Waals surface area contributed by atoms with Gasteiger partial charge >= 0.3 is 11.9 Å². The molecule has 33 heavy (non-hydrogen) atoms. The summed E-state index contributed by atoms with van der Waals surface area (Å²) in [6.45, 7) is 0. The third kappa shape index (κ3) is 5.21. The maximum absolute atomic E-state index is 12.5. The van der Waals surface area contributed by atoms with Crippen LogP contribution in [-0.2, 0) is 9.53 Å². The number of cyclic esters (lactones) is 1. The van der Waals surface area contributed by atoms with Crippen LogP contribution in [0.1, 0.15) is 21.5 Å². The van der Waals surface area contributed by atoms with E-state index in [1.807, 2.05) is 22.6 Å². The van der Waals surface area contributed by atoms with Gasteiger partial charge < -0.3 is 14.2 Å². The standard InChI is InChI=1S/C24H14Cl2INO5/c1-31-20-12-13(10-18(27)21(20)32-23(29)14-6-8-15(25)9-7-14)11-19-24(30)33-22(28-19)16-4-2-3-5-17(16)26/h2-12H,1H3/b19-11-. The van der Waals surface area contributed by atoms with Crippen molar-refractivity contribution in [3.63, 3.8) is 0 Å². The van der Waals surface area contributed by atoms with E-state index < -0.39 is 11.9 Å². The molecule has 0 aromatic heterocycles. The second-order valence-electron chi connectivity index (χ2n) is 6.75. The van der Waals surface area contributed by atoms with Gasteiger partial charge in [-0.2, -0.15) is 0 Å². The maximum atomic E-state index is 12.5. The minimum absolute atomic E-state index is 0.105. The topological polar surface area (TPSA) is 74.2 Å². The molecule has 3 aromatic rings. The van der Waals surface area contributed by atoms with Gasteiger partial charge in [0, 0.05) is 5.02 Å². The lowest BCUT2D eigenvalue weighted by Crippen LogP contribution is -2.10. The highest BCUT2D eigenvalue weighted by Crippen LogP contribution is 2.36. The first-order valence-corrected chi connectivity index (χ1v) is 11.3. The lowest BCUT2D eigenvalue weighted by Gasteiger charge is -2.12. The van der Waals surface area contributed by atoms with E-state index >= 15 is 0 Å². The Balaban J connectivity index is 1.63. The van der Waals surface area contributed by atoms with E-state index in [0.717, 1.165) is 0 Å². The molecule has 0 saturated heterocycles. The fraction of sp³-hybridized carbons (Fsp3) is 0.0417. The molecular formula is C24H14Cl2INO5. The Kier molecular flexibility index (Phi) is 7.02. The molecule has 1 heterocycles. The van der Waals surface area contributed by atoms with Crippen LogP contribution in [-0.4, -0.2) is 24.9 Å². The molecule has 0 unspecified atom stereocenters. The molecule has 0 amide bonds. The monoisotopic (exact) mass is 593 g/mol. The van der Waals surface area contributed by atoms with Gasteiger partial charge in [-0.3, -0.25) is 0 Å². The SMILES string of the molecule is COc1cc(/C=C2\N=C(c3ccccc3Cl)OC2=O)cc(I)c1OC(=O)c1ccc(Cl)cc1. The highest BCUT2D eigenvalue weighted by Gasteiger charge is 2.26. The van der Waals surface area contributed by atoms with Gasteiger partial charge in [0.1, 0.15) is 0 Å². The Bertz CT molecular complexity index is 1320. The molecule has 0 fully saturated rings. The van der Waals surface area contributed by atoms with Gasteiger partial charge in [0.25, 0.3) is 0 Å². The number of hydrogen-bond acceptors (Lipinski definition) is 6. The summed E-state index contributed by atoms with van der Waals surface area (Å²) in [4.78, 5) is 29.2. The third-order valence-corrected chi connectivity index (χ3v) is 5.94. The zero-order chi connectivity index (χ0) is 23.5. The van der Waals surface area contributed by atoms with Crippen LogP contribution in [0.25, 0.3) is 6.08 Å². The second-order valence-corrected chi connectivity index (χ2v) is 8.75. The molecular weight excluding hydrogens is 580 g/mol. The third-order valence-electron chi connectivity index (χ3n) is 4.55. The minimum atomic E-state index is -0.600. The number of nitrogens with zero attached hydrogens (tertiary/aromatic N) is 1. The fourth-order valence-electron chi connectivity index (χ4n) is 2.98. The number of rotatable bonds is 5. The summed E-state index contributed by atoms with van der Waals surface area (Å²) in [5.74, 6) is -0.446. The van der Waals surface area contributed by atoms with Crippen molar-refractivity contribution in [3.05, 3.63) is 96.7 Å². The van der Waals surface area contributed by atoms with E-state index in [1.54, 1.807) is 66.7 Å². The molecule has 4 rings (SSSR count). The van der Waals surface area contributed by atoms with Crippen molar-refractivity contribution in [2.45, 2.75) is 0 Å². The van der Waals surface area contributed by atoms with Crippen LogP contribution in [0.4, 0.5) is 0 Å². The molecule has 0 saturated carbocycles. The maximum Gasteiger partial charge on any atom is 0.363 e. The minimum Gasteiger partial charge on any atom is -0.493 e. The molecule has 3 aromatic carbocycles. The number of hydrogen-bond donors (Lipinski definition) is 0. The summed E-state index contributed by atoms with van der Waals surface area (Å²) in [6, 6.07) is 16.7. The van der Waals surface area contributed by atoms with Crippen molar-refractivity contribution >= 4 is 69.7 Å². The first-order valence-electron chi connectivity index (χ1n) is 9.48. The molecule has 166 valence electrons. The van der Waals surface area contributed by atoms with E-state index in [2.05, 4.69) is 4.99 Å². The van der Waals surface area contributed by atoms with Crippen molar-refractivity contribution < 1.29 is 23.8 Å². The molecule has 1 aliphatic heterocycles. The van der Waals surface area contributed by atoms with Crippen LogP contribution in [0.15, 0.2) is 71.4 Å². The van der Waals surface area contributed by atoms with Crippen LogP contribution in [0.5, 0.6) is 11.5 Å². The van der Waals surface area contributed by atoms with Crippen molar-refractivity contribution in [2.75, 3.05) is 7.11 Å². The predicted octanol–water partition coefficient (Wildman–Crippen LogP) is 6.17. The van der Waals surface area contributed by atoms with E-state index in [0.29, 0.717) is 36.1 Å². The molecule has 0 spiro atoms. The quantitative estimate of drug-likeness (QED) is 0.153. The van der Waals surface area contributed by atoms with Gasteiger partial charge in [0.15, 0.2) is 17.2 Å². The first-order chi connectivity index (χ1) is 15.9. The molecule has 0 bridgehead atoms. The smallest absolute Gasteiger partial charge is 0.363 e. The second kappa shape index (κ2) is 9.94. The number of esters is 2. The van der Waals surface area contributed by atoms with E-state index in [1.165, 1.54) is 7.11 Å². The fourth-order valence-corrected chi connectivity index (χ4v) is 4.05. The van der Waals surface area contributed by atoms with Crippen LogP contribution < -0.4 is 9.47 Å². The highest BCUT2D eigenvalue weighted by molar-refractivity contribution is 14.1. The number of methoxy groups -OCH3 is 1. The van der Waals surface area contributed by atoms with Crippen molar-refractivity contribution in [2.24, 2.45) is 4.99 Å². The van der Waals surface area contributed by atoms with Crippen LogP contribution in [0.3, 0.4) is 0 Å². The van der Waals surface area contributed by atoms with Crippen molar-refractivity contribution in [3.8, 4) is 11.5 Å². The lowest BCUT2D eigenvalue weighted by atomic mass is 10.1. The molecule has 0 radical (unpaired) electrons. The average molecular weight is 594 g/mol. The summed E-state index contributed by atoms with van der Waals surface area (Å²) in [7, 11) is 1.46. The Morgan fingerprint density at radius 1 is 1.09 bits per heavy atom. The van der Waals surface area contributed by atoms with Gasteiger partial charge in [-0.05, 0) is 82.8 Å². The average Bonchev–Trinajstić information content (AvgIpc) is 3.15. The summed E-state index contributed by atoms with van der Waals surface area (Å²) in [5.41, 5.74) is 1.58. The number of benzene rings is 3. The lowest BCUT2D eigenvalue weighted by molar-refractivity contribution is -0.129. The summed E-state index contributed by atoms with van der Waals surface area (Å²) in [6.07, 6.45) is 1.56. The van der Waals surface area contributed by atoms with E-state index in [4.69, 9.17) is 37.4 Å². The Labute approximate surface area is 212 Å². The molecule has 0 aliphatic carbocycles. The molecule has 0 atom stereocenters. The Hall–Kier alpha value is -2.88. The predicted molar refractivity (Wildman–Crippen MR) is 134 cm³/mol. The number of ether oxygens (including phenoxy) is 3. The van der Waals surface area contributed by atoms with Crippen molar-refractivity contribution in [1.29, 1.82) is 0 Å². The largest absolute Gasteiger partial charge is 0.493 e. The number of halogens is 3. The van der Waals surface area contributed by atoms with Gasteiger partial charge in [-0.15, -0.1) is 0 Å². The number of carbonyl (C=O) groups is 2. The highest BCUT2D eigenvalue weighted by atomic mass is 127. The number of carbonyl (C=O) groups excluding carboxylic acids is 2. The zero-order valence-corrected chi connectivity index (χ0v) is 20.6. The Morgan fingerprint density at radius 3 is 2.52 bits per heavy atom. The molecule has 6 nitrogen and oxygen atoms in total. The molecule has 9 heteroatoms. The summed E-state index contributed by atoms with van der Waals surface area (Å²) >= 11 is 14.1. The van der Waals surface area contributed by atoms with Crippen LogP contribution >= 0.6 is 45.8 Å².